The molecule has 3 rings (SSSR count). The summed E-state index contributed by atoms with van der Waals surface area (Å²) >= 11 is 0. The molecule has 3 aromatic rings. The van der Waals surface area contributed by atoms with Gasteiger partial charge in [-0.25, -0.2) is 4.68 Å². The summed E-state index contributed by atoms with van der Waals surface area (Å²) < 4.78 is 1.92. The molecule has 0 aliphatic rings. The molecule has 0 bridgehead atoms. The number of amides is 1. The molecule has 1 amide bonds. The van der Waals surface area contributed by atoms with E-state index in [0.29, 0.717) is 12.3 Å². The van der Waals surface area contributed by atoms with Crippen molar-refractivity contribution in [1.29, 1.82) is 0 Å². The first-order chi connectivity index (χ1) is 13.5. The topological polar surface area (TPSA) is 46.9 Å². The van der Waals surface area contributed by atoms with E-state index in [2.05, 4.69) is 41.6 Å². The van der Waals surface area contributed by atoms with Crippen LogP contribution in [-0.2, 0) is 11.2 Å². The van der Waals surface area contributed by atoms with Crippen LogP contribution in [0.25, 0.3) is 5.69 Å². The predicted octanol–water partition coefficient (Wildman–Crippen LogP) is 5.02. The van der Waals surface area contributed by atoms with Gasteiger partial charge in [0.1, 0.15) is 0 Å². The number of carbonyl (C=O) groups is 1. The minimum atomic E-state index is -0.0636. The third kappa shape index (κ3) is 5.10. The summed E-state index contributed by atoms with van der Waals surface area (Å²) in [6.07, 6.45) is 4.42. The number of aromatic nitrogens is 2. The molecule has 4 nitrogen and oxygen atoms in total. The van der Waals surface area contributed by atoms with Gasteiger partial charge in [-0.1, -0.05) is 55.5 Å². The number of hydrogen-bond acceptors (Lipinski definition) is 2. The second-order valence-corrected chi connectivity index (χ2v) is 7.56. The Bertz CT molecular complexity index is 887. The van der Waals surface area contributed by atoms with Crippen LogP contribution in [0.5, 0.6) is 0 Å². The third-order valence-corrected chi connectivity index (χ3v) is 5.20. The maximum absolute atomic E-state index is 12.5. The fourth-order valence-corrected chi connectivity index (χ4v) is 3.53. The zero-order valence-electron chi connectivity index (χ0n) is 16.9. The summed E-state index contributed by atoms with van der Waals surface area (Å²) in [5.41, 5.74) is 4.46. The molecule has 1 heterocycles. The van der Waals surface area contributed by atoms with Crippen LogP contribution < -0.4 is 5.32 Å². The van der Waals surface area contributed by atoms with Gasteiger partial charge in [-0.15, -0.1) is 0 Å². The lowest BCUT2D eigenvalue weighted by atomic mass is 9.97. The molecule has 0 saturated carbocycles. The Morgan fingerprint density at radius 3 is 2.36 bits per heavy atom. The summed E-state index contributed by atoms with van der Waals surface area (Å²) in [6, 6.07) is 20.4. The molecule has 2 unspecified atom stereocenters. The standard InChI is InChI=1S/C24H29N3O/c1-18(14-15-21-10-6-4-7-11-21)16-24(28)26-19(2)23-17-25-27(20(23)3)22-12-8-5-9-13-22/h4-13,17-19H,14-16H2,1-3H3,(H,26,28). The van der Waals surface area contributed by atoms with Crippen molar-refractivity contribution < 1.29 is 4.79 Å². The summed E-state index contributed by atoms with van der Waals surface area (Å²) in [5.74, 6) is 0.445. The molecular formula is C24H29N3O. The van der Waals surface area contributed by atoms with Gasteiger partial charge in [0.05, 0.1) is 17.9 Å². The van der Waals surface area contributed by atoms with Gasteiger partial charge in [0.2, 0.25) is 5.91 Å². The highest BCUT2D eigenvalue weighted by Gasteiger charge is 2.17. The summed E-state index contributed by atoms with van der Waals surface area (Å²) in [5, 5.41) is 7.64. The molecule has 0 fully saturated rings. The molecule has 1 N–H and O–H groups in total. The molecule has 0 aliphatic carbocycles. The molecule has 0 radical (unpaired) electrons. The SMILES string of the molecule is Cc1c(C(C)NC(=O)CC(C)CCc2ccccc2)cnn1-c1ccccc1. The van der Waals surface area contributed by atoms with Gasteiger partial charge in [-0.3, -0.25) is 4.79 Å². The Morgan fingerprint density at radius 2 is 1.68 bits per heavy atom. The minimum Gasteiger partial charge on any atom is -0.349 e. The zero-order valence-corrected chi connectivity index (χ0v) is 16.9. The van der Waals surface area contributed by atoms with Crippen molar-refractivity contribution in [3.8, 4) is 5.69 Å². The first-order valence-corrected chi connectivity index (χ1v) is 9.98. The van der Waals surface area contributed by atoms with Crippen molar-refractivity contribution in [1.82, 2.24) is 15.1 Å². The molecule has 146 valence electrons. The largest absolute Gasteiger partial charge is 0.349 e. The molecule has 0 aliphatic heterocycles. The lowest BCUT2D eigenvalue weighted by Crippen LogP contribution is -2.28. The fraction of sp³-hybridized carbons (Fsp3) is 0.333. The molecule has 2 atom stereocenters. The van der Waals surface area contributed by atoms with Gasteiger partial charge in [0.15, 0.2) is 0 Å². The van der Waals surface area contributed by atoms with Crippen molar-refractivity contribution >= 4 is 5.91 Å². The first-order valence-electron chi connectivity index (χ1n) is 9.98. The molecule has 4 heteroatoms. The second-order valence-electron chi connectivity index (χ2n) is 7.56. The number of aryl methyl sites for hydroxylation is 1. The molecule has 0 saturated heterocycles. The molecule has 0 spiro atoms. The van der Waals surface area contributed by atoms with E-state index < -0.39 is 0 Å². The van der Waals surface area contributed by atoms with Crippen LogP contribution in [0.15, 0.2) is 66.9 Å². The molecule has 2 aromatic carbocycles. The van der Waals surface area contributed by atoms with E-state index >= 15 is 0 Å². The Balaban J connectivity index is 1.53. The summed E-state index contributed by atoms with van der Waals surface area (Å²) in [4.78, 5) is 12.5. The quantitative estimate of drug-likeness (QED) is 0.601. The van der Waals surface area contributed by atoms with E-state index in [1.54, 1.807) is 0 Å². The number of nitrogens with one attached hydrogen (secondary N) is 1. The zero-order chi connectivity index (χ0) is 19.9. The number of nitrogens with zero attached hydrogens (tertiary/aromatic N) is 2. The normalized spacial score (nSPS) is 13.1. The van der Waals surface area contributed by atoms with Crippen LogP contribution in [0.3, 0.4) is 0 Å². The van der Waals surface area contributed by atoms with Gasteiger partial charge in [-0.2, -0.15) is 5.10 Å². The summed E-state index contributed by atoms with van der Waals surface area (Å²) in [6.45, 7) is 6.21. The van der Waals surface area contributed by atoms with Gasteiger partial charge < -0.3 is 5.32 Å². The number of rotatable bonds is 8. The van der Waals surface area contributed by atoms with Crippen LogP contribution >= 0.6 is 0 Å². The number of para-hydroxylation sites is 1. The maximum Gasteiger partial charge on any atom is 0.220 e. The Hall–Kier alpha value is -2.88. The third-order valence-electron chi connectivity index (χ3n) is 5.20. The molecule has 28 heavy (non-hydrogen) atoms. The predicted molar refractivity (Wildman–Crippen MR) is 113 cm³/mol. The smallest absolute Gasteiger partial charge is 0.220 e. The fourth-order valence-electron chi connectivity index (χ4n) is 3.53. The van der Waals surface area contributed by atoms with E-state index in [0.717, 1.165) is 29.8 Å². The lowest BCUT2D eigenvalue weighted by molar-refractivity contribution is -0.122. The maximum atomic E-state index is 12.5. The van der Waals surface area contributed by atoms with Gasteiger partial charge in [0.25, 0.3) is 0 Å². The average Bonchev–Trinajstić information content (AvgIpc) is 3.09. The molecule has 1 aromatic heterocycles. The average molecular weight is 376 g/mol. The van der Waals surface area contributed by atoms with E-state index in [1.807, 2.05) is 61.1 Å². The van der Waals surface area contributed by atoms with Crippen LogP contribution in [0, 0.1) is 12.8 Å². The van der Waals surface area contributed by atoms with Crippen molar-refractivity contribution in [3.05, 3.63) is 83.7 Å². The van der Waals surface area contributed by atoms with Crippen molar-refractivity contribution in [2.75, 3.05) is 0 Å². The van der Waals surface area contributed by atoms with Crippen LogP contribution in [-0.4, -0.2) is 15.7 Å². The highest BCUT2D eigenvalue weighted by molar-refractivity contribution is 5.76. The Kier molecular flexibility index (Phi) is 6.64. The van der Waals surface area contributed by atoms with E-state index in [4.69, 9.17) is 0 Å². The first kappa shape index (κ1) is 19.9. The van der Waals surface area contributed by atoms with E-state index in [9.17, 15) is 4.79 Å². The van der Waals surface area contributed by atoms with Crippen LogP contribution in [0.2, 0.25) is 0 Å². The van der Waals surface area contributed by atoms with Crippen LogP contribution in [0.4, 0.5) is 0 Å². The Morgan fingerprint density at radius 1 is 1.04 bits per heavy atom. The van der Waals surface area contributed by atoms with E-state index in [1.165, 1.54) is 5.56 Å². The van der Waals surface area contributed by atoms with Crippen molar-refractivity contribution in [2.45, 2.75) is 46.1 Å². The van der Waals surface area contributed by atoms with Crippen LogP contribution in [0.1, 0.15) is 49.6 Å². The number of hydrogen-bond donors (Lipinski definition) is 1. The number of carbonyl (C=O) groups excluding carboxylic acids is 1. The monoisotopic (exact) mass is 375 g/mol. The minimum absolute atomic E-state index is 0.0636. The number of benzene rings is 2. The molecular weight excluding hydrogens is 346 g/mol. The highest BCUT2D eigenvalue weighted by Crippen LogP contribution is 2.21. The van der Waals surface area contributed by atoms with Gasteiger partial charge in [0, 0.05) is 17.7 Å². The van der Waals surface area contributed by atoms with E-state index in [-0.39, 0.29) is 11.9 Å². The van der Waals surface area contributed by atoms with Crippen molar-refractivity contribution in [3.63, 3.8) is 0 Å². The van der Waals surface area contributed by atoms with Gasteiger partial charge >= 0.3 is 0 Å². The second kappa shape index (κ2) is 9.36. The summed E-state index contributed by atoms with van der Waals surface area (Å²) in [7, 11) is 0. The van der Waals surface area contributed by atoms with Gasteiger partial charge in [-0.05, 0) is 50.3 Å². The Labute approximate surface area is 167 Å². The lowest BCUT2D eigenvalue weighted by Gasteiger charge is -2.16. The van der Waals surface area contributed by atoms with Crippen molar-refractivity contribution in [2.24, 2.45) is 5.92 Å². The highest BCUT2D eigenvalue weighted by atomic mass is 16.1.